The molecule has 1 aliphatic heterocycles. The zero-order chi connectivity index (χ0) is 15.7. The van der Waals surface area contributed by atoms with Crippen molar-refractivity contribution in [3.63, 3.8) is 0 Å². The van der Waals surface area contributed by atoms with Gasteiger partial charge in [0.05, 0.1) is 28.9 Å². The van der Waals surface area contributed by atoms with Gasteiger partial charge in [0, 0.05) is 23.9 Å². The normalized spacial score (nSPS) is 18.4. The molecule has 3 heterocycles. The number of thiazole rings is 1. The molecule has 1 fully saturated rings. The molecule has 0 bridgehead atoms. The highest BCUT2D eigenvalue weighted by Crippen LogP contribution is 2.32. The molecular weight excluding hydrogens is 298 g/mol. The van der Waals surface area contributed by atoms with Crippen LogP contribution in [0.5, 0.6) is 0 Å². The maximum atomic E-state index is 12.6. The fourth-order valence-electron chi connectivity index (χ4n) is 2.83. The van der Waals surface area contributed by atoms with Crippen molar-refractivity contribution in [2.75, 3.05) is 6.54 Å². The van der Waals surface area contributed by atoms with Crippen molar-refractivity contribution in [1.29, 1.82) is 0 Å². The Bertz CT molecular complexity index is 662. The van der Waals surface area contributed by atoms with E-state index in [1.807, 2.05) is 23.3 Å². The third-order valence-corrected chi connectivity index (χ3v) is 5.14. The second-order valence-electron chi connectivity index (χ2n) is 6.12. The lowest BCUT2D eigenvalue weighted by Crippen LogP contribution is -2.31. The number of hydrogen-bond donors (Lipinski definition) is 0. The maximum absolute atomic E-state index is 12.6. The second-order valence-corrected chi connectivity index (χ2v) is 7.01. The number of amides is 1. The van der Waals surface area contributed by atoms with Crippen LogP contribution in [0.3, 0.4) is 0 Å². The maximum Gasteiger partial charge on any atom is 0.229 e. The van der Waals surface area contributed by atoms with E-state index in [0.29, 0.717) is 12.3 Å². The minimum Gasteiger partial charge on any atom is -0.359 e. The Kier molecular flexibility index (Phi) is 4.29. The molecule has 22 heavy (non-hydrogen) atoms. The first-order valence-electron chi connectivity index (χ1n) is 7.71. The van der Waals surface area contributed by atoms with Crippen molar-refractivity contribution >= 4 is 17.2 Å². The fraction of sp³-hybridized carbons (Fsp3) is 0.562. The van der Waals surface area contributed by atoms with Crippen LogP contribution >= 0.6 is 11.3 Å². The Labute approximate surface area is 134 Å². The summed E-state index contributed by atoms with van der Waals surface area (Å²) in [6.45, 7) is 6.92. The average Bonchev–Trinajstić information content (AvgIpc) is 3.16. The van der Waals surface area contributed by atoms with Crippen molar-refractivity contribution in [2.24, 2.45) is 0 Å². The molecule has 0 N–H and O–H groups in total. The molecule has 0 aliphatic carbocycles. The van der Waals surface area contributed by atoms with Crippen LogP contribution in [0.4, 0.5) is 0 Å². The largest absolute Gasteiger partial charge is 0.359 e. The number of nitrogens with zero attached hydrogens (tertiary/aromatic N) is 3. The Hall–Kier alpha value is -1.69. The lowest BCUT2D eigenvalue weighted by Gasteiger charge is -2.22. The molecule has 1 amide bonds. The van der Waals surface area contributed by atoms with E-state index in [1.165, 1.54) is 0 Å². The van der Waals surface area contributed by atoms with Gasteiger partial charge >= 0.3 is 0 Å². The van der Waals surface area contributed by atoms with Gasteiger partial charge in [-0.2, -0.15) is 0 Å². The van der Waals surface area contributed by atoms with Gasteiger partial charge in [-0.25, -0.2) is 4.98 Å². The summed E-state index contributed by atoms with van der Waals surface area (Å²) in [6.07, 6.45) is 2.31. The summed E-state index contributed by atoms with van der Waals surface area (Å²) in [5.74, 6) is 1.33. The standard InChI is InChI=1S/C16H21N3O2S/c1-10(2)16-17-12(9-22-16)8-15(20)19-6-4-5-13(19)14-7-11(3)18-21-14/h7,9-10,13H,4-6,8H2,1-3H3/t13-/m0/s1. The molecule has 2 aromatic rings. The minimum atomic E-state index is 0.0249. The summed E-state index contributed by atoms with van der Waals surface area (Å²) in [5, 5.41) is 7.02. The molecule has 1 aliphatic rings. The number of rotatable bonds is 4. The highest BCUT2D eigenvalue weighted by atomic mass is 32.1. The van der Waals surface area contributed by atoms with E-state index in [-0.39, 0.29) is 11.9 Å². The minimum absolute atomic E-state index is 0.0249. The van der Waals surface area contributed by atoms with E-state index in [0.717, 1.165) is 41.5 Å². The molecular formula is C16H21N3O2S. The van der Waals surface area contributed by atoms with Gasteiger partial charge in [0.1, 0.15) is 0 Å². The highest BCUT2D eigenvalue weighted by Gasteiger charge is 2.32. The lowest BCUT2D eigenvalue weighted by atomic mass is 10.1. The summed E-state index contributed by atoms with van der Waals surface area (Å²) < 4.78 is 5.36. The SMILES string of the molecule is Cc1cc([C@@H]2CCCN2C(=O)Cc2csc(C(C)C)n2)on1. The summed E-state index contributed by atoms with van der Waals surface area (Å²) in [4.78, 5) is 19.1. The molecule has 0 spiro atoms. The summed E-state index contributed by atoms with van der Waals surface area (Å²) in [7, 11) is 0. The number of aromatic nitrogens is 2. The van der Waals surface area contributed by atoms with Crippen LogP contribution in [0.1, 0.15) is 60.8 Å². The first-order chi connectivity index (χ1) is 10.5. The Morgan fingerprint density at radius 2 is 2.36 bits per heavy atom. The van der Waals surface area contributed by atoms with Crippen molar-refractivity contribution in [3.05, 3.63) is 33.6 Å². The van der Waals surface area contributed by atoms with Gasteiger partial charge in [-0.3, -0.25) is 4.79 Å². The third-order valence-electron chi connectivity index (χ3n) is 3.94. The van der Waals surface area contributed by atoms with Crippen molar-refractivity contribution in [2.45, 2.75) is 52.0 Å². The summed E-state index contributed by atoms with van der Waals surface area (Å²) in [5.41, 5.74) is 1.73. The number of carbonyl (C=O) groups excluding carboxylic acids is 1. The first-order valence-corrected chi connectivity index (χ1v) is 8.59. The average molecular weight is 319 g/mol. The lowest BCUT2D eigenvalue weighted by molar-refractivity contribution is -0.131. The van der Waals surface area contributed by atoms with Crippen LogP contribution in [0.25, 0.3) is 0 Å². The van der Waals surface area contributed by atoms with Crippen LogP contribution in [-0.2, 0) is 11.2 Å². The monoisotopic (exact) mass is 319 g/mol. The zero-order valence-corrected chi connectivity index (χ0v) is 14.0. The van der Waals surface area contributed by atoms with E-state index in [9.17, 15) is 4.79 Å². The van der Waals surface area contributed by atoms with Crippen molar-refractivity contribution in [3.8, 4) is 0 Å². The summed E-state index contributed by atoms with van der Waals surface area (Å²) in [6, 6.07) is 1.95. The predicted octanol–water partition coefficient (Wildman–Crippen LogP) is 3.47. The Morgan fingerprint density at radius 3 is 3.00 bits per heavy atom. The van der Waals surface area contributed by atoms with Gasteiger partial charge in [-0.05, 0) is 19.8 Å². The topological polar surface area (TPSA) is 59.2 Å². The van der Waals surface area contributed by atoms with Gasteiger partial charge in [0.15, 0.2) is 5.76 Å². The molecule has 0 saturated carbocycles. The number of carbonyl (C=O) groups is 1. The van der Waals surface area contributed by atoms with Gasteiger partial charge in [-0.1, -0.05) is 19.0 Å². The van der Waals surface area contributed by atoms with Crippen molar-refractivity contribution < 1.29 is 9.32 Å². The fourth-order valence-corrected chi connectivity index (χ4v) is 3.66. The van der Waals surface area contributed by atoms with Crippen LogP contribution in [0, 0.1) is 6.92 Å². The molecule has 3 rings (SSSR count). The molecule has 0 unspecified atom stereocenters. The molecule has 6 heteroatoms. The van der Waals surface area contributed by atoms with E-state index in [4.69, 9.17) is 4.52 Å². The number of aryl methyl sites for hydroxylation is 1. The zero-order valence-electron chi connectivity index (χ0n) is 13.2. The van der Waals surface area contributed by atoms with Crippen LogP contribution in [0.15, 0.2) is 16.0 Å². The van der Waals surface area contributed by atoms with Crippen LogP contribution in [-0.4, -0.2) is 27.5 Å². The predicted molar refractivity (Wildman–Crippen MR) is 84.8 cm³/mol. The molecule has 1 atom stereocenters. The Balaban J connectivity index is 1.70. The molecule has 5 nitrogen and oxygen atoms in total. The molecule has 2 aromatic heterocycles. The van der Waals surface area contributed by atoms with Gasteiger partial charge in [0.25, 0.3) is 0 Å². The van der Waals surface area contributed by atoms with E-state index in [1.54, 1.807) is 11.3 Å². The van der Waals surface area contributed by atoms with Gasteiger partial charge in [-0.15, -0.1) is 11.3 Å². The van der Waals surface area contributed by atoms with Crippen molar-refractivity contribution in [1.82, 2.24) is 15.0 Å². The third kappa shape index (κ3) is 3.06. The first kappa shape index (κ1) is 15.2. The summed E-state index contributed by atoms with van der Waals surface area (Å²) >= 11 is 1.63. The Morgan fingerprint density at radius 1 is 1.55 bits per heavy atom. The number of likely N-dealkylation sites (tertiary alicyclic amines) is 1. The quantitative estimate of drug-likeness (QED) is 0.866. The van der Waals surface area contributed by atoms with Crippen LogP contribution in [0.2, 0.25) is 0 Å². The highest BCUT2D eigenvalue weighted by molar-refractivity contribution is 7.09. The van der Waals surface area contributed by atoms with Gasteiger partial charge < -0.3 is 9.42 Å². The molecule has 118 valence electrons. The smallest absolute Gasteiger partial charge is 0.229 e. The van der Waals surface area contributed by atoms with E-state index < -0.39 is 0 Å². The molecule has 0 radical (unpaired) electrons. The van der Waals surface area contributed by atoms with Gasteiger partial charge in [0.2, 0.25) is 5.91 Å². The molecule has 1 saturated heterocycles. The molecule has 0 aromatic carbocycles. The second kappa shape index (κ2) is 6.20. The van der Waals surface area contributed by atoms with E-state index in [2.05, 4.69) is 24.0 Å². The van der Waals surface area contributed by atoms with Crippen LogP contribution < -0.4 is 0 Å². The number of hydrogen-bond acceptors (Lipinski definition) is 5. The van der Waals surface area contributed by atoms with E-state index >= 15 is 0 Å².